The van der Waals surface area contributed by atoms with Crippen molar-refractivity contribution in [1.29, 1.82) is 0 Å². The molecule has 2 aromatic carbocycles. The lowest BCUT2D eigenvalue weighted by Gasteiger charge is -2.25. The maximum atomic E-state index is 2.67. The maximum Gasteiger partial charge on any atom is 0.00219 e. The van der Waals surface area contributed by atoms with Crippen LogP contribution in [0.4, 0.5) is 0 Å². The molecular formula is C21H27N. The quantitative estimate of drug-likeness (QED) is 0.734. The first kappa shape index (κ1) is 15.3. The highest BCUT2D eigenvalue weighted by Gasteiger charge is 2.11. The molecule has 2 aromatic rings. The van der Waals surface area contributed by atoms with Crippen molar-refractivity contribution in [3.63, 3.8) is 0 Å². The topological polar surface area (TPSA) is 3.24 Å². The van der Waals surface area contributed by atoms with E-state index in [9.17, 15) is 0 Å². The van der Waals surface area contributed by atoms with Gasteiger partial charge in [0, 0.05) is 6.54 Å². The number of rotatable bonds is 5. The lowest BCUT2D eigenvalue weighted by Crippen LogP contribution is -2.30. The molecule has 0 spiro atoms. The van der Waals surface area contributed by atoms with E-state index in [1.165, 1.54) is 63.7 Å². The van der Waals surface area contributed by atoms with Crippen LogP contribution in [0.2, 0.25) is 0 Å². The highest BCUT2D eigenvalue weighted by molar-refractivity contribution is 5.28. The number of fused-ring (bicyclic) bond motifs is 1. The number of benzene rings is 2. The Morgan fingerprint density at radius 2 is 1.45 bits per heavy atom. The molecule has 0 saturated heterocycles. The second kappa shape index (κ2) is 8.14. The fraction of sp³-hybridized carbons (Fsp3) is 0.429. The molecule has 0 amide bonds. The summed E-state index contributed by atoms with van der Waals surface area (Å²) in [5, 5.41) is 0. The van der Waals surface area contributed by atoms with Gasteiger partial charge in [0.1, 0.15) is 0 Å². The zero-order valence-corrected chi connectivity index (χ0v) is 13.5. The van der Waals surface area contributed by atoms with Crippen molar-refractivity contribution in [2.75, 3.05) is 19.6 Å². The Morgan fingerprint density at radius 1 is 0.727 bits per heavy atom. The molecular weight excluding hydrogens is 266 g/mol. The average Bonchev–Trinajstić information content (AvgIpc) is 2.55. The minimum atomic E-state index is 1.22. The van der Waals surface area contributed by atoms with Gasteiger partial charge in [-0.25, -0.2) is 0 Å². The molecule has 0 saturated carbocycles. The second-order valence-electron chi connectivity index (χ2n) is 6.41. The van der Waals surface area contributed by atoms with Crippen molar-refractivity contribution in [2.45, 2.75) is 38.5 Å². The van der Waals surface area contributed by atoms with Crippen LogP contribution in [0.1, 0.15) is 36.0 Å². The van der Waals surface area contributed by atoms with Gasteiger partial charge in [-0.3, -0.25) is 0 Å². The van der Waals surface area contributed by atoms with Crippen LogP contribution >= 0.6 is 0 Å². The fourth-order valence-electron chi connectivity index (χ4n) is 3.46. The predicted molar refractivity (Wildman–Crippen MR) is 94.3 cm³/mol. The van der Waals surface area contributed by atoms with Crippen molar-refractivity contribution >= 4 is 0 Å². The van der Waals surface area contributed by atoms with Crippen molar-refractivity contribution in [3.05, 3.63) is 71.3 Å². The van der Waals surface area contributed by atoms with Gasteiger partial charge in [-0.05, 0) is 68.3 Å². The van der Waals surface area contributed by atoms with E-state index in [1.807, 2.05) is 0 Å². The Labute approximate surface area is 135 Å². The van der Waals surface area contributed by atoms with E-state index in [4.69, 9.17) is 0 Å². The Hall–Kier alpha value is -1.60. The highest BCUT2D eigenvalue weighted by Crippen LogP contribution is 2.16. The van der Waals surface area contributed by atoms with Gasteiger partial charge in [0.05, 0.1) is 0 Å². The van der Waals surface area contributed by atoms with Crippen LogP contribution in [0.15, 0.2) is 54.6 Å². The molecule has 0 radical (unpaired) electrons. The molecule has 0 atom stereocenters. The van der Waals surface area contributed by atoms with Gasteiger partial charge >= 0.3 is 0 Å². The number of aryl methyl sites for hydroxylation is 2. The summed E-state index contributed by atoms with van der Waals surface area (Å²) < 4.78 is 0. The highest BCUT2D eigenvalue weighted by atomic mass is 15.1. The second-order valence-corrected chi connectivity index (χ2v) is 6.41. The third kappa shape index (κ3) is 4.45. The zero-order valence-electron chi connectivity index (χ0n) is 13.5. The fourth-order valence-corrected chi connectivity index (χ4v) is 3.46. The summed E-state index contributed by atoms with van der Waals surface area (Å²) in [5.41, 5.74) is 4.62. The van der Waals surface area contributed by atoms with Crippen LogP contribution < -0.4 is 0 Å². The van der Waals surface area contributed by atoms with E-state index in [-0.39, 0.29) is 0 Å². The molecule has 0 aromatic heterocycles. The van der Waals surface area contributed by atoms with Crippen molar-refractivity contribution in [3.8, 4) is 0 Å². The summed E-state index contributed by atoms with van der Waals surface area (Å²) in [6.07, 6.45) is 7.60. The lowest BCUT2D eigenvalue weighted by atomic mass is 9.98. The lowest BCUT2D eigenvalue weighted by molar-refractivity contribution is 0.263. The van der Waals surface area contributed by atoms with Gasteiger partial charge in [-0.1, -0.05) is 54.6 Å². The van der Waals surface area contributed by atoms with Gasteiger partial charge in [0.25, 0.3) is 0 Å². The molecule has 0 aliphatic carbocycles. The largest absolute Gasteiger partial charge is 0.303 e. The van der Waals surface area contributed by atoms with E-state index < -0.39 is 0 Å². The Balaban J connectivity index is 1.42. The molecule has 116 valence electrons. The standard InChI is InChI=1S/C21H27N/c1-2-9-19(10-3-1)11-6-7-16-22-17-8-14-20-12-4-5-13-21(20)15-18-22/h1-5,9-10,12-13H,6-8,11,14-18H2. The Morgan fingerprint density at radius 3 is 2.27 bits per heavy atom. The maximum absolute atomic E-state index is 2.67. The first-order valence-corrected chi connectivity index (χ1v) is 8.75. The normalized spacial score (nSPS) is 15.8. The Bertz CT molecular complexity index is 561. The summed E-state index contributed by atoms with van der Waals surface area (Å²) in [6, 6.07) is 19.9. The van der Waals surface area contributed by atoms with Crippen molar-refractivity contribution < 1.29 is 0 Å². The summed E-state index contributed by atoms with van der Waals surface area (Å²) >= 11 is 0. The summed E-state index contributed by atoms with van der Waals surface area (Å²) in [4.78, 5) is 2.67. The number of hydrogen-bond donors (Lipinski definition) is 0. The van der Waals surface area contributed by atoms with Gasteiger partial charge in [-0.15, -0.1) is 0 Å². The summed E-state index contributed by atoms with van der Waals surface area (Å²) in [6.45, 7) is 3.75. The van der Waals surface area contributed by atoms with Gasteiger partial charge in [-0.2, -0.15) is 0 Å². The zero-order chi connectivity index (χ0) is 15.0. The minimum Gasteiger partial charge on any atom is -0.303 e. The average molecular weight is 293 g/mol. The van der Waals surface area contributed by atoms with Gasteiger partial charge in [0.15, 0.2) is 0 Å². The first-order chi connectivity index (χ1) is 10.9. The molecule has 0 N–H and O–H groups in total. The predicted octanol–water partition coefficient (Wildman–Crippen LogP) is 4.50. The van der Waals surface area contributed by atoms with Crippen LogP contribution in [-0.4, -0.2) is 24.5 Å². The molecule has 1 aliphatic heterocycles. The molecule has 1 nitrogen and oxygen atoms in total. The van der Waals surface area contributed by atoms with E-state index in [0.717, 1.165) is 0 Å². The van der Waals surface area contributed by atoms with Crippen molar-refractivity contribution in [1.82, 2.24) is 4.90 Å². The van der Waals surface area contributed by atoms with Crippen LogP contribution in [-0.2, 0) is 19.3 Å². The first-order valence-electron chi connectivity index (χ1n) is 8.75. The molecule has 1 heterocycles. The van der Waals surface area contributed by atoms with E-state index in [2.05, 4.69) is 59.5 Å². The summed E-state index contributed by atoms with van der Waals surface area (Å²) in [7, 11) is 0. The molecule has 1 aliphatic rings. The van der Waals surface area contributed by atoms with Gasteiger partial charge in [0.2, 0.25) is 0 Å². The van der Waals surface area contributed by atoms with E-state index in [0.29, 0.717) is 0 Å². The molecule has 3 rings (SSSR count). The SMILES string of the molecule is c1ccc(CCCCN2CCCc3ccccc3CC2)cc1. The Kier molecular flexibility index (Phi) is 5.66. The molecule has 22 heavy (non-hydrogen) atoms. The van der Waals surface area contributed by atoms with Crippen LogP contribution in [0.5, 0.6) is 0 Å². The molecule has 0 unspecified atom stereocenters. The van der Waals surface area contributed by atoms with Crippen LogP contribution in [0, 0.1) is 0 Å². The van der Waals surface area contributed by atoms with Crippen LogP contribution in [0.3, 0.4) is 0 Å². The molecule has 0 bridgehead atoms. The summed E-state index contributed by atoms with van der Waals surface area (Å²) in [5.74, 6) is 0. The molecule has 1 heteroatoms. The van der Waals surface area contributed by atoms with E-state index in [1.54, 1.807) is 11.1 Å². The number of hydrogen-bond acceptors (Lipinski definition) is 1. The van der Waals surface area contributed by atoms with E-state index >= 15 is 0 Å². The van der Waals surface area contributed by atoms with Crippen molar-refractivity contribution in [2.24, 2.45) is 0 Å². The third-order valence-corrected chi connectivity index (χ3v) is 4.77. The minimum absolute atomic E-state index is 1.22. The van der Waals surface area contributed by atoms with Crippen LogP contribution in [0.25, 0.3) is 0 Å². The van der Waals surface area contributed by atoms with Gasteiger partial charge < -0.3 is 4.90 Å². The number of unbranched alkanes of at least 4 members (excludes halogenated alkanes) is 1. The number of nitrogens with zero attached hydrogens (tertiary/aromatic N) is 1. The third-order valence-electron chi connectivity index (χ3n) is 4.77. The smallest absolute Gasteiger partial charge is 0.00219 e. The monoisotopic (exact) mass is 293 g/mol. The molecule has 0 fully saturated rings.